The average molecular weight is 371 g/mol. The molecule has 4 rings (SSSR count). The smallest absolute Gasteiger partial charge is 0.190 e. The fourth-order valence-electron chi connectivity index (χ4n) is 2.51. The van der Waals surface area contributed by atoms with E-state index in [4.69, 9.17) is 25.4 Å². The van der Waals surface area contributed by atoms with Crippen molar-refractivity contribution in [3.8, 4) is 11.5 Å². The van der Waals surface area contributed by atoms with Gasteiger partial charge in [0.15, 0.2) is 10.6 Å². The van der Waals surface area contributed by atoms with Crippen molar-refractivity contribution in [2.24, 2.45) is 4.99 Å². The lowest BCUT2D eigenvalue weighted by Crippen LogP contribution is -2.16. The summed E-state index contributed by atoms with van der Waals surface area (Å²) in [7, 11) is 0. The zero-order valence-electron chi connectivity index (χ0n) is 13.5. The highest BCUT2D eigenvalue weighted by atomic mass is 35.5. The van der Waals surface area contributed by atoms with Crippen LogP contribution in [0.15, 0.2) is 74.2 Å². The highest BCUT2D eigenvalue weighted by Gasteiger charge is 2.12. The zero-order valence-corrected chi connectivity index (χ0v) is 15.1. The van der Waals surface area contributed by atoms with Crippen molar-refractivity contribution >= 4 is 28.6 Å². The van der Waals surface area contributed by atoms with Crippen molar-refractivity contribution in [3.05, 3.63) is 81.5 Å². The van der Waals surface area contributed by atoms with Gasteiger partial charge in [-0.15, -0.1) is 11.3 Å². The second kappa shape index (κ2) is 6.78. The van der Waals surface area contributed by atoms with Crippen LogP contribution in [0.2, 0.25) is 5.02 Å². The Hall–Kier alpha value is -2.50. The monoisotopic (exact) mass is 370 g/mol. The van der Waals surface area contributed by atoms with Gasteiger partial charge in [-0.2, -0.15) is 0 Å². The lowest BCUT2D eigenvalue weighted by Gasteiger charge is -2.05. The number of thiazole rings is 1. The van der Waals surface area contributed by atoms with Crippen LogP contribution in [0.4, 0.5) is 5.69 Å². The number of furan rings is 2. The average Bonchev–Trinajstić information content (AvgIpc) is 3.34. The van der Waals surface area contributed by atoms with Gasteiger partial charge in [-0.25, -0.2) is 4.99 Å². The van der Waals surface area contributed by atoms with Gasteiger partial charge in [0, 0.05) is 10.4 Å². The molecular formula is C19H15ClN2O2S. The lowest BCUT2D eigenvalue weighted by atomic mass is 10.2. The minimum absolute atomic E-state index is 0.574. The van der Waals surface area contributed by atoms with Crippen LogP contribution in [0.1, 0.15) is 11.3 Å². The molecule has 0 amide bonds. The summed E-state index contributed by atoms with van der Waals surface area (Å²) in [5.41, 5.74) is 2.81. The van der Waals surface area contributed by atoms with E-state index < -0.39 is 0 Å². The van der Waals surface area contributed by atoms with E-state index in [1.54, 1.807) is 23.9 Å². The third kappa shape index (κ3) is 3.34. The normalized spacial score (nSPS) is 12.0. The maximum atomic E-state index is 6.23. The van der Waals surface area contributed by atoms with Gasteiger partial charge in [-0.3, -0.25) is 0 Å². The van der Waals surface area contributed by atoms with Crippen molar-refractivity contribution in [2.45, 2.75) is 13.5 Å². The van der Waals surface area contributed by atoms with Crippen LogP contribution in [-0.4, -0.2) is 4.57 Å². The molecule has 0 saturated carbocycles. The molecule has 0 bridgehead atoms. The van der Waals surface area contributed by atoms with E-state index in [-0.39, 0.29) is 0 Å². The number of hydrogen-bond acceptors (Lipinski definition) is 4. The highest BCUT2D eigenvalue weighted by Crippen LogP contribution is 2.24. The molecule has 25 heavy (non-hydrogen) atoms. The van der Waals surface area contributed by atoms with Crippen LogP contribution in [0.3, 0.4) is 0 Å². The van der Waals surface area contributed by atoms with Gasteiger partial charge in [0.2, 0.25) is 0 Å². The van der Waals surface area contributed by atoms with E-state index in [0.29, 0.717) is 11.6 Å². The van der Waals surface area contributed by atoms with E-state index in [1.165, 1.54) is 0 Å². The summed E-state index contributed by atoms with van der Waals surface area (Å²) in [6.45, 7) is 2.55. The summed E-state index contributed by atoms with van der Waals surface area (Å²) in [6.07, 6.45) is 3.34. The van der Waals surface area contributed by atoms with Gasteiger partial charge in [0.25, 0.3) is 0 Å². The van der Waals surface area contributed by atoms with Crippen molar-refractivity contribution in [2.75, 3.05) is 0 Å². The second-order valence-corrected chi connectivity index (χ2v) is 6.84. The molecule has 0 radical (unpaired) electrons. The molecule has 0 aliphatic heterocycles. The Bertz CT molecular complexity index is 1040. The van der Waals surface area contributed by atoms with E-state index >= 15 is 0 Å². The number of aromatic nitrogens is 1. The van der Waals surface area contributed by atoms with Crippen LogP contribution in [0.25, 0.3) is 11.5 Å². The van der Waals surface area contributed by atoms with Gasteiger partial charge in [-0.1, -0.05) is 17.7 Å². The third-order valence-corrected chi connectivity index (χ3v) is 5.12. The zero-order chi connectivity index (χ0) is 17.2. The van der Waals surface area contributed by atoms with Crippen LogP contribution in [0.5, 0.6) is 0 Å². The first-order valence-electron chi connectivity index (χ1n) is 7.76. The second-order valence-electron chi connectivity index (χ2n) is 5.59. The third-order valence-electron chi connectivity index (χ3n) is 3.85. The van der Waals surface area contributed by atoms with Crippen LogP contribution < -0.4 is 4.80 Å². The number of aryl methyl sites for hydroxylation is 1. The number of benzene rings is 1. The molecule has 1 aromatic carbocycles. The Kier molecular flexibility index (Phi) is 4.34. The molecule has 0 unspecified atom stereocenters. The van der Waals surface area contributed by atoms with E-state index in [0.717, 1.165) is 33.3 Å². The van der Waals surface area contributed by atoms with Crippen molar-refractivity contribution in [1.29, 1.82) is 0 Å². The molecule has 0 atom stereocenters. The number of hydrogen-bond donors (Lipinski definition) is 0. The Morgan fingerprint density at radius 1 is 1.12 bits per heavy atom. The summed E-state index contributed by atoms with van der Waals surface area (Å²) < 4.78 is 13.2. The minimum atomic E-state index is 0.574. The van der Waals surface area contributed by atoms with E-state index in [1.807, 2.05) is 54.8 Å². The standard InChI is InChI=1S/C19H15ClN2O2S/c1-13-6-7-14(10-16(13)20)21-19-22(11-15-4-2-8-23-15)17(12-25-19)18-5-3-9-24-18/h2-10,12H,11H2,1H3. The van der Waals surface area contributed by atoms with E-state index in [9.17, 15) is 0 Å². The number of nitrogens with zero attached hydrogens (tertiary/aromatic N) is 2. The first-order valence-corrected chi connectivity index (χ1v) is 9.02. The van der Waals surface area contributed by atoms with Crippen molar-refractivity contribution < 1.29 is 8.83 Å². The summed E-state index contributed by atoms with van der Waals surface area (Å²) in [5.74, 6) is 1.65. The molecule has 0 spiro atoms. The Morgan fingerprint density at radius 2 is 1.96 bits per heavy atom. The summed E-state index contributed by atoms with van der Waals surface area (Å²) in [5, 5.41) is 2.75. The molecule has 0 aliphatic carbocycles. The quantitative estimate of drug-likeness (QED) is 0.466. The molecule has 0 saturated heterocycles. The maximum Gasteiger partial charge on any atom is 0.190 e. The van der Waals surface area contributed by atoms with Gasteiger partial charge >= 0.3 is 0 Å². The Balaban J connectivity index is 1.84. The molecule has 0 aliphatic rings. The maximum absolute atomic E-state index is 6.23. The predicted molar refractivity (Wildman–Crippen MR) is 99.2 cm³/mol. The molecule has 3 aromatic heterocycles. The Morgan fingerprint density at radius 3 is 2.68 bits per heavy atom. The lowest BCUT2D eigenvalue weighted by molar-refractivity contribution is 0.489. The summed E-state index contributed by atoms with van der Waals surface area (Å²) >= 11 is 7.78. The minimum Gasteiger partial charge on any atom is -0.467 e. The first-order chi connectivity index (χ1) is 12.2. The fourth-order valence-corrected chi connectivity index (χ4v) is 3.60. The predicted octanol–water partition coefficient (Wildman–Crippen LogP) is 5.65. The summed E-state index contributed by atoms with van der Waals surface area (Å²) in [6, 6.07) is 13.5. The van der Waals surface area contributed by atoms with Gasteiger partial charge < -0.3 is 13.4 Å². The van der Waals surface area contributed by atoms with E-state index in [2.05, 4.69) is 4.57 Å². The van der Waals surface area contributed by atoms with Gasteiger partial charge in [0.05, 0.1) is 30.5 Å². The van der Waals surface area contributed by atoms with Crippen molar-refractivity contribution in [1.82, 2.24) is 4.57 Å². The molecule has 0 fully saturated rings. The Labute approximate surface area is 153 Å². The topological polar surface area (TPSA) is 43.6 Å². The fraction of sp³-hybridized carbons (Fsp3) is 0.105. The molecule has 4 nitrogen and oxygen atoms in total. The first kappa shape index (κ1) is 16.0. The SMILES string of the molecule is Cc1ccc(N=c2scc(-c3ccco3)n2Cc2ccco2)cc1Cl. The highest BCUT2D eigenvalue weighted by molar-refractivity contribution is 7.07. The number of rotatable bonds is 4. The van der Waals surface area contributed by atoms with Crippen molar-refractivity contribution in [3.63, 3.8) is 0 Å². The summed E-state index contributed by atoms with van der Waals surface area (Å²) in [4.78, 5) is 5.62. The molecule has 6 heteroatoms. The van der Waals surface area contributed by atoms with Crippen LogP contribution in [0, 0.1) is 6.92 Å². The molecule has 3 heterocycles. The van der Waals surface area contributed by atoms with Crippen LogP contribution >= 0.6 is 22.9 Å². The largest absolute Gasteiger partial charge is 0.467 e. The molecular weight excluding hydrogens is 356 g/mol. The van der Waals surface area contributed by atoms with Gasteiger partial charge in [-0.05, 0) is 48.9 Å². The molecule has 4 aromatic rings. The molecule has 0 N–H and O–H groups in total. The molecule has 126 valence electrons. The number of halogens is 1. The van der Waals surface area contributed by atoms with Gasteiger partial charge in [0.1, 0.15) is 5.76 Å². The van der Waals surface area contributed by atoms with Crippen LogP contribution in [-0.2, 0) is 6.54 Å².